The highest BCUT2D eigenvalue weighted by Gasteiger charge is 2.25. The Morgan fingerprint density at radius 1 is 0.886 bits per heavy atom. The van der Waals surface area contributed by atoms with E-state index < -0.39 is 22.0 Å². The first-order chi connectivity index (χ1) is 34.1. The van der Waals surface area contributed by atoms with Crippen LogP contribution in [0.3, 0.4) is 0 Å². The van der Waals surface area contributed by atoms with E-state index in [2.05, 4.69) is 42.7 Å². The molecule has 8 rings (SSSR count). The minimum absolute atomic E-state index is 0.000760. The number of anilines is 2. The third-order valence-corrected chi connectivity index (χ3v) is 14.1. The van der Waals surface area contributed by atoms with Crippen LogP contribution in [0.25, 0.3) is 22.0 Å². The Hall–Kier alpha value is -5.98. The molecule has 0 spiro atoms. The van der Waals surface area contributed by atoms with E-state index in [9.17, 15) is 23.1 Å². The number of H-pyrrole nitrogens is 1. The summed E-state index contributed by atoms with van der Waals surface area (Å²) in [7, 11) is -4.43. The average molecular weight is 994 g/mol. The number of aldehydes is 1. The number of carbonyl (C=O) groups is 2. The van der Waals surface area contributed by atoms with E-state index in [4.69, 9.17) is 30.5 Å². The minimum atomic E-state index is -4.43. The minimum Gasteiger partial charge on any atom is -0.492 e. The van der Waals surface area contributed by atoms with Crippen LogP contribution in [-0.4, -0.2) is 114 Å². The molecule has 6 N–H and O–H groups in total. The van der Waals surface area contributed by atoms with Crippen LogP contribution >= 0.6 is 11.6 Å². The highest BCUT2D eigenvalue weighted by atomic mass is 35.5. The molecule has 1 unspecified atom stereocenters. The van der Waals surface area contributed by atoms with Gasteiger partial charge in [0.1, 0.15) is 30.1 Å². The summed E-state index contributed by atoms with van der Waals surface area (Å²) in [6.07, 6.45) is 3.96. The molecule has 70 heavy (non-hydrogen) atoms. The Morgan fingerprint density at radius 3 is 2.51 bits per heavy atom. The zero-order chi connectivity index (χ0) is 48.7. The molecule has 17 heteroatoms. The van der Waals surface area contributed by atoms with Gasteiger partial charge in [0.05, 0.1) is 29.8 Å². The first-order valence-electron chi connectivity index (χ1n) is 23.9. The smallest absolute Gasteiger partial charge is 0.268 e. The molecule has 1 atom stereocenters. The number of aromatic nitrogens is 1. The number of morpholine rings is 1. The summed E-state index contributed by atoms with van der Waals surface area (Å²) in [5.74, 6) is 0.898. The first kappa shape index (κ1) is 50.4. The number of benzene rings is 5. The predicted molar refractivity (Wildman–Crippen MR) is 273 cm³/mol. The summed E-state index contributed by atoms with van der Waals surface area (Å²) in [6, 6.07) is 30.8. The maximum atomic E-state index is 14.1. The molecule has 1 amide bonds. The quantitative estimate of drug-likeness (QED) is 0.0253. The number of hydrogen-bond donors (Lipinski definition) is 6. The van der Waals surface area contributed by atoms with Gasteiger partial charge in [-0.15, -0.1) is 0 Å². The normalized spacial score (nSPS) is 15.1. The van der Waals surface area contributed by atoms with Gasteiger partial charge in [-0.3, -0.25) is 9.69 Å². The Balaban J connectivity index is 0.960. The van der Waals surface area contributed by atoms with E-state index in [1.165, 1.54) is 18.2 Å². The van der Waals surface area contributed by atoms with Crippen LogP contribution in [0.5, 0.6) is 17.2 Å². The van der Waals surface area contributed by atoms with E-state index in [1.54, 1.807) is 30.5 Å². The summed E-state index contributed by atoms with van der Waals surface area (Å²) in [5, 5.41) is 22.6. The van der Waals surface area contributed by atoms with Crippen LogP contribution in [-0.2, 0) is 37.3 Å². The van der Waals surface area contributed by atoms with E-state index in [0.717, 1.165) is 85.3 Å². The molecule has 0 aliphatic carbocycles. The number of amides is 1. The van der Waals surface area contributed by atoms with Gasteiger partial charge < -0.3 is 49.8 Å². The van der Waals surface area contributed by atoms with Gasteiger partial charge in [0, 0.05) is 111 Å². The first-order valence-corrected chi connectivity index (χ1v) is 25.8. The van der Waals surface area contributed by atoms with Gasteiger partial charge in [-0.25, -0.2) is 13.1 Å². The number of halogens is 1. The number of sulfonamides is 1. The standard InChI is InChI=1S/C53H61ClN6O9S/c54-41-8-6-38(7-9-41)46-14-11-44(68-30-24-60-22-28-67-29-23-60)32-40(46)36-55-20-21-56-42-10-13-48(52(34-42)69-51-5-1-4-50-47(51)16-19-57-50)53(63)59-70(64,65)45-12-15-49(58-35-37-17-26-66-27-18-37)39(33-45)31-43(62)3-2-25-61/h1,4-16,19,25,32-34,37,43,55-58,62H,2-3,17-18,20-24,26-31,35-36H2,(H,59,63). The number of fused-ring (bicyclic) bond motifs is 1. The van der Waals surface area contributed by atoms with Crippen molar-refractivity contribution in [3.63, 3.8) is 0 Å². The summed E-state index contributed by atoms with van der Waals surface area (Å²) >= 11 is 6.23. The number of nitrogens with zero attached hydrogens (tertiary/aromatic N) is 1. The molecule has 2 fully saturated rings. The molecular weight excluding hydrogens is 932 g/mol. The average Bonchev–Trinajstić information content (AvgIpc) is 3.86. The fourth-order valence-corrected chi connectivity index (χ4v) is 9.80. The molecule has 2 saturated heterocycles. The summed E-state index contributed by atoms with van der Waals surface area (Å²) in [6.45, 7) is 8.32. The Kier molecular flexibility index (Phi) is 17.8. The second-order valence-electron chi connectivity index (χ2n) is 17.5. The van der Waals surface area contributed by atoms with Crippen molar-refractivity contribution in [1.82, 2.24) is 19.9 Å². The number of aliphatic hydroxyl groups excluding tert-OH is 1. The van der Waals surface area contributed by atoms with Crippen molar-refractivity contribution < 1.29 is 42.1 Å². The number of rotatable bonds is 24. The molecule has 5 aromatic carbocycles. The van der Waals surface area contributed by atoms with Gasteiger partial charge in [-0.05, 0) is 120 Å². The zero-order valence-electron chi connectivity index (χ0n) is 39.1. The number of nitrogens with one attached hydrogen (secondary N) is 5. The molecule has 0 bridgehead atoms. The Morgan fingerprint density at radius 2 is 1.70 bits per heavy atom. The van der Waals surface area contributed by atoms with Crippen molar-refractivity contribution in [3.05, 3.63) is 131 Å². The molecule has 1 aromatic heterocycles. The molecule has 15 nitrogen and oxygen atoms in total. The molecule has 0 radical (unpaired) electrons. The molecular formula is C53H61ClN6O9S. The van der Waals surface area contributed by atoms with Crippen LogP contribution in [0.4, 0.5) is 11.4 Å². The van der Waals surface area contributed by atoms with Crippen molar-refractivity contribution in [2.45, 2.75) is 49.6 Å². The second kappa shape index (κ2) is 24.7. The highest BCUT2D eigenvalue weighted by Crippen LogP contribution is 2.34. The van der Waals surface area contributed by atoms with Crippen LogP contribution in [0.1, 0.15) is 47.2 Å². The monoisotopic (exact) mass is 992 g/mol. The van der Waals surface area contributed by atoms with Gasteiger partial charge in [-0.2, -0.15) is 0 Å². The fraction of sp³-hybridized carbons (Fsp3) is 0.358. The van der Waals surface area contributed by atoms with Gasteiger partial charge >= 0.3 is 0 Å². The van der Waals surface area contributed by atoms with Crippen molar-refractivity contribution >= 4 is 56.1 Å². The zero-order valence-corrected chi connectivity index (χ0v) is 40.7. The van der Waals surface area contributed by atoms with Crippen molar-refractivity contribution in [3.8, 4) is 28.4 Å². The lowest BCUT2D eigenvalue weighted by Crippen LogP contribution is -2.38. The van der Waals surface area contributed by atoms with E-state index in [1.807, 2.05) is 48.5 Å². The lowest BCUT2D eigenvalue weighted by Gasteiger charge is -2.26. The molecule has 2 aliphatic rings. The van der Waals surface area contributed by atoms with Crippen LogP contribution in [0.2, 0.25) is 5.02 Å². The third kappa shape index (κ3) is 13.9. The Labute approximate surface area is 414 Å². The van der Waals surface area contributed by atoms with Gasteiger partial charge in [0.25, 0.3) is 15.9 Å². The van der Waals surface area contributed by atoms with Crippen LogP contribution in [0.15, 0.2) is 114 Å². The summed E-state index contributed by atoms with van der Waals surface area (Å²) in [4.78, 5) is 30.5. The van der Waals surface area contributed by atoms with Crippen molar-refractivity contribution in [2.24, 2.45) is 5.92 Å². The summed E-state index contributed by atoms with van der Waals surface area (Å²) < 4.78 is 53.9. The second-order valence-corrected chi connectivity index (χ2v) is 19.7. The molecule has 6 aromatic rings. The summed E-state index contributed by atoms with van der Waals surface area (Å²) in [5.41, 5.74) is 5.87. The SMILES string of the molecule is O=CCCC(O)Cc1cc(S(=O)(=O)NC(=O)c2ccc(NCCNCc3cc(OCCN4CCOCC4)ccc3-c3ccc(Cl)cc3)cc2Oc2cccc3[nH]ccc23)ccc1NCC1CCOCC1. The number of ether oxygens (including phenoxy) is 4. The number of aromatic amines is 1. The van der Waals surface area contributed by atoms with Crippen molar-refractivity contribution in [2.75, 3.05) is 82.9 Å². The fourth-order valence-electron chi connectivity index (χ4n) is 8.66. The lowest BCUT2D eigenvalue weighted by atomic mass is 9.99. The highest BCUT2D eigenvalue weighted by molar-refractivity contribution is 7.90. The van der Waals surface area contributed by atoms with Crippen LogP contribution in [0, 0.1) is 5.92 Å². The number of aliphatic hydroxyl groups is 1. The predicted octanol–water partition coefficient (Wildman–Crippen LogP) is 8.03. The third-order valence-electron chi connectivity index (χ3n) is 12.6. The molecule has 0 saturated carbocycles. The number of carbonyl (C=O) groups excluding carboxylic acids is 2. The van der Waals surface area contributed by atoms with E-state index in [-0.39, 0.29) is 35.5 Å². The molecule has 2 aliphatic heterocycles. The molecule has 370 valence electrons. The largest absolute Gasteiger partial charge is 0.492 e. The molecule has 3 heterocycles. The van der Waals surface area contributed by atoms with Gasteiger partial charge in [0.2, 0.25) is 0 Å². The van der Waals surface area contributed by atoms with Gasteiger partial charge in [0.15, 0.2) is 0 Å². The lowest BCUT2D eigenvalue weighted by molar-refractivity contribution is -0.108. The van der Waals surface area contributed by atoms with Gasteiger partial charge in [-0.1, -0.05) is 35.9 Å². The van der Waals surface area contributed by atoms with Crippen LogP contribution < -0.4 is 30.1 Å². The maximum Gasteiger partial charge on any atom is 0.268 e. The maximum absolute atomic E-state index is 14.1. The van der Waals surface area contributed by atoms with E-state index >= 15 is 0 Å². The van der Waals surface area contributed by atoms with Crippen molar-refractivity contribution in [1.29, 1.82) is 0 Å². The topological polar surface area (TPSA) is 193 Å². The Bertz CT molecular complexity index is 2800. The van der Waals surface area contributed by atoms with E-state index in [0.29, 0.717) is 79.6 Å². The number of hydrogen-bond acceptors (Lipinski definition) is 13.